The lowest BCUT2D eigenvalue weighted by atomic mass is 10.1. The number of carbonyl (C=O) groups is 1. The SMILES string of the molecule is Cc1ccc(C(=O)CNc2ccc(-c3nc4ccccc4s3)cc2)cc1. The Hall–Kier alpha value is -2.98. The molecule has 0 amide bonds. The number of anilines is 1. The van der Waals surface area contributed by atoms with Crippen LogP contribution in [0, 0.1) is 6.92 Å². The fourth-order valence-electron chi connectivity index (χ4n) is 2.75. The smallest absolute Gasteiger partial charge is 0.181 e. The second kappa shape index (κ2) is 7.10. The molecule has 0 fully saturated rings. The molecule has 1 heterocycles. The van der Waals surface area contributed by atoms with Gasteiger partial charge < -0.3 is 5.32 Å². The Morgan fingerprint density at radius 2 is 1.69 bits per heavy atom. The van der Waals surface area contributed by atoms with Crippen LogP contribution in [0.25, 0.3) is 20.8 Å². The van der Waals surface area contributed by atoms with Gasteiger partial charge in [0.1, 0.15) is 5.01 Å². The third kappa shape index (κ3) is 3.51. The van der Waals surface area contributed by atoms with Gasteiger partial charge in [-0.05, 0) is 43.3 Å². The van der Waals surface area contributed by atoms with Crippen LogP contribution in [0.4, 0.5) is 5.69 Å². The van der Waals surface area contributed by atoms with Gasteiger partial charge in [0.15, 0.2) is 5.78 Å². The Morgan fingerprint density at radius 3 is 2.42 bits per heavy atom. The Morgan fingerprint density at radius 1 is 0.962 bits per heavy atom. The van der Waals surface area contributed by atoms with Crippen molar-refractivity contribution >= 4 is 33.0 Å². The highest BCUT2D eigenvalue weighted by molar-refractivity contribution is 7.21. The second-order valence-electron chi connectivity index (χ2n) is 6.21. The van der Waals surface area contributed by atoms with E-state index in [0.717, 1.165) is 32.9 Å². The van der Waals surface area contributed by atoms with E-state index < -0.39 is 0 Å². The van der Waals surface area contributed by atoms with Gasteiger partial charge in [-0.3, -0.25) is 4.79 Å². The largest absolute Gasteiger partial charge is 0.378 e. The lowest BCUT2D eigenvalue weighted by Gasteiger charge is -2.07. The predicted octanol–water partition coefficient (Wildman–Crippen LogP) is 5.57. The number of thiazole rings is 1. The van der Waals surface area contributed by atoms with Crippen LogP contribution in [0.2, 0.25) is 0 Å². The minimum atomic E-state index is 0.0836. The molecule has 0 saturated heterocycles. The number of fused-ring (bicyclic) bond motifs is 1. The Balaban J connectivity index is 1.44. The third-order valence-corrected chi connectivity index (χ3v) is 5.34. The summed E-state index contributed by atoms with van der Waals surface area (Å²) >= 11 is 1.69. The number of aryl methyl sites for hydroxylation is 1. The number of benzene rings is 3. The van der Waals surface area contributed by atoms with Gasteiger partial charge in [0.05, 0.1) is 16.8 Å². The molecular weight excluding hydrogens is 340 g/mol. The van der Waals surface area contributed by atoms with Crippen LogP contribution in [0.5, 0.6) is 0 Å². The first-order valence-corrected chi connectivity index (χ1v) is 9.30. The monoisotopic (exact) mass is 358 g/mol. The van der Waals surface area contributed by atoms with Crippen LogP contribution < -0.4 is 5.32 Å². The molecule has 3 nitrogen and oxygen atoms in total. The van der Waals surface area contributed by atoms with Crippen LogP contribution in [0.15, 0.2) is 72.8 Å². The maximum atomic E-state index is 12.2. The maximum absolute atomic E-state index is 12.2. The van der Waals surface area contributed by atoms with Gasteiger partial charge in [0.2, 0.25) is 0 Å². The number of hydrogen-bond donors (Lipinski definition) is 1. The average molecular weight is 358 g/mol. The molecule has 0 atom stereocenters. The Kier molecular flexibility index (Phi) is 4.50. The van der Waals surface area contributed by atoms with Crippen molar-refractivity contribution in [3.05, 3.63) is 83.9 Å². The summed E-state index contributed by atoms with van der Waals surface area (Å²) < 4.78 is 1.19. The van der Waals surface area contributed by atoms with E-state index in [1.807, 2.05) is 73.7 Å². The van der Waals surface area contributed by atoms with E-state index in [4.69, 9.17) is 0 Å². The molecule has 128 valence electrons. The van der Waals surface area contributed by atoms with Gasteiger partial charge >= 0.3 is 0 Å². The summed E-state index contributed by atoms with van der Waals surface area (Å²) in [5.41, 5.74) is 4.92. The summed E-state index contributed by atoms with van der Waals surface area (Å²) in [7, 11) is 0. The molecule has 0 aliphatic heterocycles. The quantitative estimate of drug-likeness (QED) is 0.474. The van der Waals surface area contributed by atoms with Crippen molar-refractivity contribution in [3.8, 4) is 10.6 Å². The first kappa shape index (κ1) is 16.5. The van der Waals surface area contributed by atoms with Crippen molar-refractivity contribution < 1.29 is 4.79 Å². The van der Waals surface area contributed by atoms with Crippen LogP contribution in [0.1, 0.15) is 15.9 Å². The molecule has 0 bridgehead atoms. The highest BCUT2D eigenvalue weighted by Gasteiger charge is 2.07. The lowest BCUT2D eigenvalue weighted by Crippen LogP contribution is -2.13. The van der Waals surface area contributed by atoms with Crippen LogP contribution in [0.3, 0.4) is 0 Å². The molecule has 4 aromatic rings. The molecule has 0 aliphatic carbocycles. The van der Waals surface area contributed by atoms with Gasteiger partial charge in [0.25, 0.3) is 0 Å². The molecule has 3 aromatic carbocycles. The van der Waals surface area contributed by atoms with Gasteiger partial charge in [-0.15, -0.1) is 11.3 Å². The summed E-state index contributed by atoms with van der Waals surface area (Å²) in [6.07, 6.45) is 0. The molecule has 0 radical (unpaired) electrons. The van der Waals surface area contributed by atoms with Crippen molar-refractivity contribution in [1.29, 1.82) is 0 Å². The molecule has 1 aromatic heterocycles. The number of rotatable bonds is 5. The van der Waals surface area contributed by atoms with E-state index >= 15 is 0 Å². The van der Waals surface area contributed by atoms with Crippen molar-refractivity contribution in [2.24, 2.45) is 0 Å². The highest BCUT2D eigenvalue weighted by atomic mass is 32.1. The van der Waals surface area contributed by atoms with E-state index in [-0.39, 0.29) is 12.3 Å². The second-order valence-corrected chi connectivity index (χ2v) is 7.24. The Bertz CT molecular complexity index is 1020. The number of Topliss-reactive ketones (excluding diaryl/α,β-unsaturated/α-hetero) is 1. The predicted molar refractivity (Wildman–Crippen MR) is 109 cm³/mol. The van der Waals surface area contributed by atoms with E-state index in [1.54, 1.807) is 11.3 Å². The van der Waals surface area contributed by atoms with E-state index in [9.17, 15) is 4.79 Å². The fourth-order valence-corrected chi connectivity index (χ4v) is 3.72. The molecule has 1 N–H and O–H groups in total. The molecule has 0 unspecified atom stereocenters. The number of carbonyl (C=O) groups excluding carboxylic acids is 1. The summed E-state index contributed by atoms with van der Waals surface area (Å²) in [4.78, 5) is 16.9. The zero-order valence-corrected chi connectivity index (χ0v) is 15.2. The number of ketones is 1. The third-order valence-electron chi connectivity index (χ3n) is 4.25. The van der Waals surface area contributed by atoms with Crippen molar-refractivity contribution in [3.63, 3.8) is 0 Å². The van der Waals surface area contributed by atoms with Gasteiger partial charge in [-0.25, -0.2) is 4.98 Å². The summed E-state index contributed by atoms with van der Waals surface area (Å²) in [5, 5.41) is 4.20. The molecule has 4 rings (SSSR count). The van der Waals surface area contributed by atoms with Crippen molar-refractivity contribution in [2.45, 2.75) is 6.92 Å². The first-order chi connectivity index (χ1) is 12.7. The minimum absolute atomic E-state index is 0.0836. The number of para-hydroxylation sites is 1. The van der Waals surface area contributed by atoms with Crippen molar-refractivity contribution in [2.75, 3.05) is 11.9 Å². The number of nitrogens with zero attached hydrogens (tertiary/aromatic N) is 1. The zero-order valence-electron chi connectivity index (χ0n) is 14.4. The zero-order chi connectivity index (χ0) is 17.9. The molecule has 0 saturated carbocycles. The standard InChI is InChI=1S/C22H18N2OS/c1-15-6-8-16(9-7-15)20(25)14-23-18-12-10-17(11-13-18)22-24-19-4-2-3-5-21(19)26-22/h2-13,23H,14H2,1H3. The van der Waals surface area contributed by atoms with Crippen LogP contribution in [-0.2, 0) is 0 Å². The summed E-state index contributed by atoms with van der Waals surface area (Å²) in [6, 6.07) is 23.9. The van der Waals surface area contributed by atoms with E-state index in [0.29, 0.717) is 0 Å². The normalized spacial score (nSPS) is 10.8. The van der Waals surface area contributed by atoms with Crippen LogP contribution >= 0.6 is 11.3 Å². The molecular formula is C22H18N2OS. The topological polar surface area (TPSA) is 42.0 Å². The highest BCUT2D eigenvalue weighted by Crippen LogP contribution is 2.30. The fraction of sp³-hybridized carbons (Fsp3) is 0.0909. The number of nitrogens with one attached hydrogen (secondary N) is 1. The molecule has 26 heavy (non-hydrogen) atoms. The summed E-state index contributed by atoms with van der Waals surface area (Å²) in [5.74, 6) is 0.0836. The lowest BCUT2D eigenvalue weighted by molar-refractivity contribution is 0.101. The average Bonchev–Trinajstić information content (AvgIpc) is 3.11. The van der Waals surface area contributed by atoms with E-state index in [1.165, 1.54) is 4.70 Å². The molecule has 4 heteroatoms. The van der Waals surface area contributed by atoms with Crippen molar-refractivity contribution in [1.82, 2.24) is 4.98 Å². The van der Waals surface area contributed by atoms with Gasteiger partial charge in [0, 0.05) is 16.8 Å². The van der Waals surface area contributed by atoms with E-state index in [2.05, 4.69) is 16.4 Å². The van der Waals surface area contributed by atoms with Crippen LogP contribution in [-0.4, -0.2) is 17.3 Å². The number of aromatic nitrogens is 1. The Labute approximate surface area is 156 Å². The van der Waals surface area contributed by atoms with Gasteiger partial charge in [-0.2, -0.15) is 0 Å². The molecule has 0 aliphatic rings. The maximum Gasteiger partial charge on any atom is 0.181 e. The van der Waals surface area contributed by atoms with Gasteiger partial charge in [-0.1, -0.05) is 42.0 Å². The first-order valence-electron chi connectivity index (χ1n) is 8.49. The summed E-state index contributed by atoms with van der Waals surface area (Å²) in [6.45, 7) is 2.29. The molecule has 0 spiro atoms. The number of hydrogen-bond acceptors (Lipinski definition) is 4. The minimum Gasteiger partial charge on any atom is -0.378 e.